The number of allylic oxidation sites excluding steroid dienone is 4. The molecule has 2 heterocycles. The van der Waals surface area contributed by atoms with E-state index in [0.29, 0.717) is 0 Å². The lowest BCUT2D eigenvalue weighted by atomic mass is 9.81. The molecule has 0 saturated carbocycles. The van der Waals surface area contributed by atoms with E-state index in [4.69, 9.17) is 11.6 Å². The quantitative estimate of drug-likeness (QED) is 0.445. The van der Waals surface area contributed by atoms with Crippen molar-refractivity contribution in [3.05, 3.63) is 82.5 Å². The van der Waals surface area contributed by atoms with E-state index in [1.807, 2.05) is 6.07 Å². The topological polar surface area (TPSA) is 6.25 Å². The molecule has 0 aromatic heterocycles. The van der Waals surface area contributed by atoms with Gasteiger partial charge >= 0.3 is 0 Å². The molecule has 2 aliphatic rings. The van der Waals surface area contributed by atoms with E-state index in [1.165, 1.54) is 46.8 Å². The van der Waals surface area contributed by atoms with E-state index in [2.05, 4.69) is 106 Å². The maximum Gasteiger partial charge on any atom is 0.209 e. The highest BCUT2D eigenvalue weighted by Crippen LogP contribution is 2.47. The number of anilines is 1. The van der Waals surface area contributed by atoms with E-state index in [1.54, 1.807) is 0 Å². The molecule has 2 aromatic carbocycles. The summed E-state index contributed by atoms with van der Waals surface area (Å²) in [7, 11) is 2.15. The summed E-state index contributed by atoms with van der Waals surface area (Å²) in [6.45, 7) is 12.6. The molecule has 2 aliphatic heterocycles. The molecule has 3 heteroatoms. The zero-order chi connectivity index (χ0) is 22.4. The zero-order valence-corrected chi connectivity index (χ0v) is 20.4. The van der Waals surface area contributed by atoms with Crippen LogP contribution in [0.5, 0.6) is 0 Å². The molecule has 162 valence electrons. The Morgan fingerprint density at radius 1 is 1.00 bits per heavy atom. The SMILES string of the molecule is CCCCN1C(=CC=CC2=[N+](C)c3ccc(Cl)cc3C2(C)C)C(C)(C)c2ccccc21. The number of benzene rings is 2. The number of nitrogens with zero attached hydrogens (tertiary/aromatic N) is 2. The Balaban J connectivity index is 1.71. The molecule has 0 radical (unpaired) electrons. The fourth-order valence-electron chi connectivity index (χ4n) is 5.24. The van der Waals surface area contributed by atoms with E-state index >= 15 is 0 Å². The minimum absolute atomic E-state index is 0.00702. The number of hydrogen-bond acceptors (Lipinski definition) is 1. The predicted octanol–water partition coefficient (Wildman–Crippen LogP) is 7.38. The number of para-hydroxylation sites is 1. The molecular weight excluding hydrogens is 400 g/mol. The Bertz CT molecular complexity index is 1100. The van der Waals surface area contributed by atoms with Crippen molar-refractivity contribution in [3.63, 3.8) is 0 Å². The van der Waals surface area contributed by atoms with E-state index in [9.17, 15) is 0 Å². The van der Waals surface area contributed by atoms with Gasteiger partial charge in [-0.1, -0.05) is 63.1 Å². The lowest BCUT2D eigenvalue weighted by Crippen LogP contribution is -2.27. The first-order chi connectivity index (χ1) is 14.7. The third kappa shape index (κ3) is 3.55. The van der Waals surface area contributed by atoms with Gasteiger partial charge in [0.1, 0.15) is 7.05 Å². The Morgan fingerprint density at radius 3 is 2.48 bits per heavy atom. The number of halogens is 1. The van der Waals surface area contributed by atoms with Gasteiger partial charge in [0.2, 0.25) is 5.69 Å². The van der Waals surface area contributed by atoms with Crippen LogP contribution in [0.4, 0.5) is 11.4 Å². The Hall–Kier alpha value is -2.32. The Morgan fingerprint density at radius 2 is 1.74 bits per heavy atom. The van der Waals surface area contributed by atoms with Gasteiger partial charge in [0, 0.05) is 46.1 Å². The van der Waals surface area contributed by atoms with Gasteiger partial charge in [0.25, 0.3) is 0 Å². The van der Waals surface area contributed by atoms with Gasteiger partial charge in [-0.3, -0.25) is 0 Å². The third-order valence-electron chi connectivity index (χ3n) is 7.04. The number of unbranched alkanes of at least 4 members (excludes halogenated alkanes) is 1. The summed E-state index contributed by atoms with van der Waals surface area (Å²) < 4.78 is 2.30. The van der Waals surface area contributed by atoms with Crippen LogP contribution in [0.25, 0.3) is 0 Å². The van der Waals surface area contributed by atoms with Crippen molar-refractivity contribution in [2.75, 3.05) is 18.5 Å². The van der Waals surface area contributed by atoms with Crippen LogP contribution in [0.15, 0.2) is 66.4 Å². The van der Waals surface area contributed by atoms with Crippen LogP contribution in [0.3, 0.4) is 0 Å². The van der Waals surface area contributed by atoms with Crippen LogP contribution >= 0.6 is 11.6 Å². The van der Waals surface area contributed by atoms with Crippen LogP contribution in [-0.4, -0.2) is 23.9 Å². The lowest BCUT2D eigenvalue weighted by molar-refractivity contribution is -0.401. The largest absolute Gasteiger partial charge is 0.344 e. The van der Waals surface area contributed by atoms with Gasteiger partial charge in [-0.05, 0) is 50.1 Å². The van der Waals surface area contributed by atoms with Crippen molar-refractivity contribution in [2.45, 2.75) is 58.3 Å². The normalized spacial score (nSPS) is 20.1. The van der Waals surface area contributed by atoms with E-state index < -0.39 is 0 Å². The Labute approximate surface area is 192 Å². The van der Waals surface area contributed by atoms with E-state index in [0.717, 1.165) is 11.6 Å². The van der Waals surface area contributed by atoms with Crippen molar-refractivity contribution in [1.82, 2.24) is 0 Å². The first kappa shape index (κ1) is 21.9. The molecule has 0 spiro atoms. The van der Waals surface area contributed by atoms with Crippen molar-refractivity contribution in [2.24, 2.45) is 0 Å². The van der Waals surface area contributed by atoms with Gasteiger partial charge in [-0.15, -0.1) is 0 Å². The van der Waals surface area contributed by atoms with E-state index in [-0.39, 0.29) is 10.8 Å². The standard InChI is InChI=1S/C28H34ClN2/c1-7-8-18-31-24-13-10-9-12-21(24)27(2,3)26(31)15-11-14-25-28(4,5)22-19-20(29)16-17-23(22)30(25)6/h9-17,19H,7-8,18H2,1-6H3/q+1. The highest BCUT2D eigenvalue weighted by Gasteiger charge is 2.43. The molecule has 0 amide bonds. The second kappa shape index (κ2) is 7.98. The average Bonchev–Trinajstić information content (AvgIpc) is 3.06. The maximum atomic E-state index is 6.31. The number of rotatable bonds is 5. The van der Waals surface area contributed by atoms with Crippen LogP contribution in [0.2, 0.25) is 5.02 Å². The molecule has 0 N–H and O–H groups in total. The molecule has 0 atom stereocenters. The number of fused-ring (bicyclic) bond motifs is 2. The van der Waals surface area contributed by atoms with Gasteiger partial charge < -0.3 is 4.90 Å². The van der Waals surface area contributed by atoms with Crippen molar-refractivity contribution in [1.29, 1.82) is 0 Å². The van der Waals surface area contributed by atoms with Crippen LogP contribution in [-0.2, 0) is 10.8 Å². The van der Waals surface area contributed by atoms with Gasteiger partial charge in [0.15, 0.2) is 5.71 Å². The van der Waals surface area contributed by atoms with Crippen molar-refractivity contribution < 1.29 is 4.58 Å². The second-order valence-corrected chi connectivity index (χ2v) is 10.2. The summed E-state index contributed by atoms with van der Waals surface area (Å²) in [6.07, 6.45) is 9.22. The minimum Gasteiger partial charge on any atom is -0.344 e. The fourth-order valence-corrected chi connectivity index (χ4v) is 5.41. The molecule has 4 rings (SSSR count). The summed E-state index contributed by atoms with van der Waals surface area (Å²) in [5.74, 6) is 0. The summed E-state index contributed by atoms with van der Waals surface area (Å²) >= 11 is 6.31. The zero-order valence-electron chi connectivity index (χ0n) is 19.7. The summed E-state index contributed by atoms with van der Waals surface area (Å²) in [6, 6.07) is 15.1. The second-order valence-electron chi connectivity index (χ2n) is 9.79. The average molecular weight is 434 g/mol. The summed E-state index contributed by atoms with van der Waals surface area (Å²) in [5.41, 5.74) is 7.86. The summed E-state index contributed by atoms with van der Waals surface area (Å²) in [5, 5.41) is 0.796. The predicted molar refractivity (Wildman–Crippen MR) is 134 cm³/mol. The third-order valence-corrected chi connectivity index (χ3v) is 7.27. The highest BCUT2D eigenvalue weighted by atomic mass is 35.5. The van der Waals surface area contributed by atoms with Gasteiger partial charge in [-0.25, -0.2) is 0 Å². The Kier molecular flexibility index (Phi) is 5.64. The monoisotopic (exact) mass is 433 g/mol. The molecule has 31 heavy (non-hydrogen) atoms. The molecule has 2 aromatic rings. The first-order valence-electron chi connectivity index (χ1n) is 11.4. The fraction of sp³-hybridized carbons (Fsp3) is 0.393. The molecular formula is C28H34ClN2+. The van der Waals surface area contributed by atoms with Crippen LogP contribution in [0, 0.1) is 0 Å². The van der Waals surface area contributed by atoms with Gasteiger partial charge in [-0.2, -0.15) is 4.58 Å². The smallest absolute Gasteiger partial charge is 0.209 e. The van der Waals surface area contributed by atoms with Crippen LogP contribution in [0.1, 0.15) is 58.6 Å². The lowest BCUT2D eigenvalue weighted by Gasteiger charge is -2.27. The molecule has 0 bridgehead atoms. The molecule has 2 nitrogen and oxygen atoms in total. The van der Waals surface area contributed by atoms with Crippen molar-refractivity contribution >= 4 is 28.7 Å². The number of hydrogen-bond donors (Lipinski definition) is 0. The summed E-state index contributed by atoms with van der Waals surface area (Å²) in [4.78, 5) is 2.52. The molecule has 0 fully saturated rings. The highest BCUT2D eigenvalue weighted by molar-refractivity contribution is 6.30. The van der Waals surface area contributed by atoms with Crippen LogP contribution < -0.4 is 4.90 Å². The minimum atomic E-state index is -0.0833. The van der Waals surface area contributed by atoms with Gasteiger partial charge in [0.05, 0.1) is 5.41 Å². The molecule has 0 aliphatic carbocycles. The van der Waals surface area contributed by atoms with Crippen molar-refractivity contribution in [3.8, 4) is 0 Å². The molecule has 0 saturated heterocycles. The first-order valence-corrected chi connectivity index (χ1v) is 11.7. The molecule has 0 unspecified atom stereocenters. The maximum absolute atomic E-state index is 6.31.